The van der Waals surface area contributed by atoms with Crippen LogP contribution in [0.25, 0.3) is 0 Å². The first-order chi connectivity index (χ1) is 11.2. The first-order valence-corrected chi connectivity index (χ1v) is 8.80. The van der Waals surface area contributed by atoms with Crippen LogP contribution in [-0.4, -0.2) is 37.1 Å². The van der Waals surface area contributed by atoms with Crippen LogP contribution in [-0.2, 0) is 14.9 Å². The molecule has 0 radical (unpaired) electrons. The Morgan fingerprint density at radius 3 is 2.43 bits per heavy atom. The fourth-order valence-corrected chi connectivity index (χ4v) is 4.17. The van der Waals surface area contributed by atoms with Crippen molar-refractivity contribution in [3.05, 3.63) is 48.0 Å². The number of hydrogen-bond acceptors (Lipinski definition) is 3. The lowest BCUT2D eigenvalue weighted by Crippen LogP contribution is -2.45. The summed E-state index contributed by atoms with van der Waals surface area (Å²) in [6, 6.07) is 11.4. The molecule has 1 heterocycles. The van der Waals surface area contributed by atoms with E-state index in [0.29, 0.717) is 0 Å². The normalized spacial score (nSPS) is 22.5. The van der Waals surface area contributed by atoms with Crippen molar-refractivity contribution in [2.45, 2.75) is 50.0 Å². The molecule has 2 fully saturated rings. The van der Waals surface area contributed by atoms with Gasteiger partial charge in [0.05, 0.1) is 7.11 Å². The highest BCUT2D eigenvalue weighted by molar-refractivity contribution is 5.82. The van der Waals surface area contributed by atoms with E-state index in [9.17, 15) is 4.79 Å². The Bertz CT molecular complexity index is 538. The number of hydrogen-bond donors (Lipinski definition) is 0. The third kappa shape index (κ3) is 3.66. The van der Waals surface area contributed by atoms with Crippen LogP contribution >= 0.6 is 0 Å². The van der Waals surface area contributed by atoms with E-state index >= 15 is 0 Å². The van der Waals surface area contributed by atoms with Crippen molar-refractivity contribution < 1.29 is 9.53 Å². The van der Waals surface area contributed by atoms with Crippen molar-refractivity contribution in [1.29, 1.82) is 0 Å². The molecule has 3 rings (SSSR count). The average molecular weight is 313 g/mol. The number of carbonyl (C=O) groups excluding carboxylic acids is 1. The molecule has 0 N–H and O–H groups in total. The average Bonchev–Trinajstić information content (AvgIpc) is 3.15. The summed E-state index contributed by atoms with van der Waals surface area (Å²) in [7, 11) is 1.44. The molecule has 0 spiro atoms. The molecule has 3 nitrogen and oxygen atoms in total. The van der Waals surface area contributed by atoms with Gasteiger partial charge in [-0.05, 0) is 44.3 Å². The monoisotopic (exact) mass is 313 g/mol. The van der Waals surface area contributed by atoms with E-state index in [0.717, 1.165) is 32.0 Å². The Balaban J connectivity index is 1.77. The molecular formula is C20H27NO2. The number of piperidine rings is 1. The van der Waals surface area contributed by atoms with Crippen LogP contribution in [0.3, 0.4) is 0 Å². The van der Waals surface area contributed by atoms with Crippen molar-refractivity contribution in [2.24, 2.45) is 0 Å². The molecule has 1 saturated heterocycles. The first kappa shape index (κ1) is 16.3. The summed E-state index contributed by atoms with van der Waals surface area (Å²) >= 11 is 0. The van der Waals surface area contributed by atoms with Crippen LogP contribution in [0.5, 0.6) is 0 Å². The molecule has 1 aromatic rings. The van der Waals surface area contributed by atoms with Gasteiger partial charge >= 0.3 is 5.97 Å². The van der Waals surface area contributed by atoms with E-state index in [-0.39, 0.29) is 11.4 Å². The standard InChI is InChI=1S/C20H27NO2/c1-23-19(22)11-12-20(17-7-3-2-4-8-17)13-15-21(16-14-20)18-9-5-6-10-18/h2-4,7-8,11-12,18H,5-6,9-10,13-16H2,1H3/b12-11+. The number of methoxy groups -OCH3 is 1. The molecule has 1 aliphatic carbocycles. The molecule has 0 amide bonds. The summed E-state index contributed by atoms with van der Waals surface area (Å²) in [5.41, 5.74) is 1.27. The van der Waals surface area contributed by atoms with Crippen molar-refractivity contribution in [3.63, 3.8) is 0 Å². The highest BCUT2D eigenvalue weighted by atomic mass is 16.5. The number of nitrogens with zero attached hydrogens (tertiary/aromatic N) is 1. The lowest BCUT2D eigenvalue weighted by molar-refractivity contribution is -0.134. The smallest absolute Gasteiger partial charge is 0.330 e. The molecule has 0 aromatic heterocycles. The highest BCUT2D eigenvalue weighted by Gasteiger charge is 2.36. The molecule has 0 atom stereocenters. The minimum atomic E-state index is -0.265. The van der Waals surface area contributed by atoms with Gasteiger partial charge in [-0.15, -0.1) is 0 Å². The second kappa shape index (κ2) is 7.31. The number of benzene rings is 1. The van der Waals surface area contributed by atoms with Gasteiger partial charge in [0.25, 0.3) is 0 Å². The van der Waals surface area contributed by atoms with Crippen molar-refractivity contribution in [1.82, 2.24) is 4.90 Å². The van der Waals surface area contributed by atoms with Gasteiger partial charge in [-0.2, -0.15) is 0 Å². The third-order valence-electron chi connectivity index (χ3n) is 5.62. The predicted octanol–water partition coefficient (Wildman–Crippen LogP) is 3.69. The van der Waals surface area contributed by atoms with E-state index < -0.39 is 0 Å². The Labute approximate surface area is 139 Å². The Kier molecular flexibility index (Phi) is 5.16. The molecule has 1 saturated carbocycles. The minimum Gasteiger partial charge on any atom is -0.466 e. The maximum absolute atomic E-state index is 11.6. The number of esters is 1. The summed E-state index contributed by atoms with van der Waals surface area (Å²) < 4.78 is 4.79. The van der Waals surface area contributed by atoms with Gasteiger partial charge in [0.1, 0.15) is 0 Å². The lowest BCUT2D eigenvalue weighted by Gasteiger charge is -2.42. The molecule has 0 bridgehead atoms. The summed E-state index contributed by atoms with van der Waals surface area (Å²) in [6.07, 6.45) is 11.3. The lowest BCUT2D eigenvalue weighted by atomic mass is 9.72. The predicted molar refractivity (Wildman–Crippen MR) is 92.3 cm³/mol. The maximum atomic E-state index is 11.6. The van der Waals surface area contributed by atoms with Crippen LogP contribution < -0.4 is 0 Å². The van der Waals surface area contributed by atoms with Crippen LogP contribution in [0, 0.1) is 0 Å². The van der Waals surface area contributed by atoms with Crippen LogP contribution in [0.1, 0.15) is 44.1 Å². The van der Waals surface area contributed by atoms with Gasteiger partial charge in [-0.25, -0.2) is 4.79 Å². The maximum Gasteiger partial charge on any atom is 0.330 e. The van der Waals surface area contributed by atoms with Gasteiger partial charge < -0.3 is 9.64 Å². The minimum absolute atomic E-state index is 0.0371. The summed E-state index contributed by atoms with van der Waals surface area (Å²) in [5.74, 6) is -0.265. The van der Waals surface area contributed by atoms with E-state index in [4.69, 9.17) is 4.74 Å². The van der Waals surface area contributed by atoms with E-state index in [1.165, 1.54) is 38.4 Å². The van der Waals surface area contributed by atoms with Crippen molar-refractivity contribution in [3.8, 4) is 0 Å². The van der Waals surface area contributed by atoms with Crippen molar-refractivity contribution in [2.75, 3.05) is 20.2 Å². The van der Waals surface area contributed by atoms with Gasteiger partial charge in [0.15, 0.2) is 0 Å². The number of likely N-dealkylation sites (tertiary alicyclic amines) is 1. The van der Waals surface area contributed by atoms with E-state index in [2.05, 4.69) is 41.3 Å². The van der Waals surface area contributed by atoms with Crippen LogP contribution in [0.4, 0.5) is 0 Å². The Hall–Kier alpha value is -1.61. The largest absolute Gasteiger partial charge is 0.466 e. The number of rotatable bonds is 4. The second-order valence-corrected chi connectivity index (χ2v) is 6.85. The number of allylic oxidation sites excluding steroid dienone is 1. The summed E-state index contributed by atoms with van der Waals surface area (Å²) in [4.78, 5) is 14.2. The van der Waals surface area contributed by atoms with Crippen LogP contribution in [0.2, 0.25) is 0 Å². The molecule has 1 aromatic carbocycles. The van der Waals surface area contributed by atoms with Gasteiger partial charge in [-0.3, -0.25) is 0 Å². The van der Waals surface area contributed by atoms with Gasteiger partial charge in [-0.1, -0.05) is 49.2 Å². The summed E-state index contributed by atoms with van der Waals surface area (Å²) in [6.45, 7) is 2.23. The van der Waals surface area contributed by atoms with Crippen LogP contribution in [0.15, 0.2) is 42.5 Å². The SMILES string of the molecule is COC(=O)/C=C/C1(c2ccccc2)CCN(C2CCCC2)CC1. The molecule has 1 aliphatic heterocycles. The zero-order valence-corrected chi connectivity index (χ0v) is 14.0. The Morgan fingerprint density at radius 2 is 1.83 bits per heavy atom. The summed E-state index contributed by atoms with van der Waals surface area (Å²) in [5, 5.41) is 0. The molecule has 3 heteroatoms. The Morgan fingerprint density at radius 1 is 1.17 bits per heavy atom. The molecule has 2 aliphatic rings. The van der Waals surface area contributed by atoms with E-state index in [1.807, 2.05) is 0 Å². The third-order valence-corrected chi connectivity index (χ3v) is 5.62. The van der Waals surface area contributed by atoms with Gasteiger partial charge in [0.2, 0.25) is 0 Å². The van der Waals surface area contributed by atoms with Crippen molar-refractivity contribution >= 4 is 5.97 Å². The van der Waals surface area contributed by atoms with E-state index in [1.54, 1.807) is 6.08 Å². The zero-order chi connectivity index (χ0) is 16.1. The molecular weight excluding hydrogens is 286 g/mol. The highest BCUT2D eigenvalue weighted by Crippen LogP contribution is 2.39. The number of carbonyl (C=O) groups is 1. The fourth-order valence-electron chi connectivity index (χ4n) is 4.17. The fraction of sp³-hybridized carbons (Fsp3) is 0.550. The molecule has 124 valence electrons. The second-order valence-electron chi connectivity index (χ2n) is 6.85. The quantitative estimate of drug-likeness (QED) is 0.627. The van der Waals surface area contributed by atoms with Gasteiger partial charge in [0, 0.05) is 17.5 Å². The first-order valence-electron chi connectivity index (χ1n) is 8.80. The zero-order valence-electron chi connectivity index (χ0n) is 14.0. The molecule has 23 heavy (non-hydrogen) atoms. The number of ether oxygens (including phenoxy) is 1. The topological polar surface area (TPSA) is 29.5 Å². The molecule has 0 unspecified atom stereocenters.